The lowest BCUT2D eigenvalue weighted by atomic mass is 10.2. The van der Waals surface area contributed by atoms with E-state index in [0.29, 0.717) is 24.5 Å². The summed E-state index contributed by atoms with van der Waals surface area (Å²) in [5.41, 5.74) is 7.71. The van der Waals surface area contributed by atoms with Crippen LogP contribution in [-0.2, 0) is 4.74 Å². The van der Waals surface area contributed by atoms with E-state index in [1.807, 2.05) is 12.1 Å². The maximum absolute atomic E-state index is 11.9. The van der Waals surface area contributed by atoms with Crippen molar-refractivity contribution in [3.8, 4) is 0 Å². The minimum Gasteiger partial charge on any atom is -0.399 e. The molecule has 6 heteroatoms. The number of aliphatic hydroxyl groups excluding tert-OH is 1. The molecular formula is C13H17N3O3. The van der Waals surface area contributed by atoms with Crippen LogP contribution >= 0.6 is 0 Å². The molecule has 102 valence electrons. The average molecular weight is 263 g/mol. The molecule has 6 nitrogen and oxygen atoms in total. The normalized spacial score (nSPS) is 10.8. The molecule has 0 bridgehead atoms. The molecule has 0 fully saturated rings. The summed E-state index contributed by atoms with van der Waals surface area (Å²) in [5.74, 6) is -0.192. The highest BCUT2D eigenvalue weighted by atomic mass is 16.5. The van der Waals surface area contributed by atoms with Gasteiger partial charge >= 0.3 is 0 Å². The zero-order valence-corrected chi connectivity index (χ0v) is 10.5. The van der Waals surface area contributed by atoms with Gasteiger partial charge in [0.2, 0.25) is 0 Å². The highest BCUT2D eigenvalue weighted by Crippen LogP contribution is 2.18. The number of nitrogens with one attached hydrogen (secondary N) is 2. The van der Waals surface area contributed by atoms with Gasteiger partial charge in [0.05, 0.1) is 19.8 Å². The van der Waals surface area contributed by atoms with Crippen LogP contribution in [-0.4, -0.2) is 42.4 Å². The van der Waals surface area contributed by atoms with E-state index >= 15 is 0 Å². The number of aliphatic hydroxyl groups is 1. The van der Waals surface area contributed by atoms with Crippen molar-refractivity contribution in [2.75, 3.05) is 32.1 Å². The first-order chi connectivity index (χ1) is 9.20. The number of H-pyrrole nitrogens is 1. The lowest BCUT2D eigenvalue weighted by Crippen LogP contribution is -2.27. The Balaban J connectivity index is 1.94. The van der Waals surface area contributed by atoms with E-state index in [0.717, 1.165) is 10.9 Å². The molecule has 0 aliphatic carbocycles. The highest BCUT2D eigenvalue weighted by Gasteiger charge is 2.08. The van der Waals surface area contributed by atoms with Crippen molar-refractivity contribution >= 4 is 22.5 Å². The number of rotatable bonds is 6. The van der Waals surface area contributed by atoms with Crippen molar-refractivity contribution in [2.24, 2.45) is 0 Å². The highest BCUT2D eigenvalue weighted by molar-refractivity contribution is 5.98. The van der Waals surface area contributed by atoms with E-state index in [-0.39, 0.29) is 19.1 Å². The number of ether oxygens (including phenoxy) is 1. The molecule has 0 atom stereocenters. The topological polar surface area (TPSA) is 100 Å². The largest absolute Gasteiger partial charge is 0.399 e. The molecule has 5 N–H and O–H groups in total. The lowest BCUT2D eigenvalue weighted by molar-refractivity contribution is 0.0835. The maximum atomic E-state index is 11.9. The van der Waals surface area contributed by atoms with Gasteiger partial charge in [-0.05, 0) is 24.3 Å². The Morgan fingerprint density at radius 1 is 1.37 bits per heavy atom. The predicted octanol–water partition coefficient (Wildman–Crippen LogP) is 0.489. The van der Waals surface area contributed by atoms with Gasteiger partial charge in [0.25, 0.3) is 5.91 Å². The summed E-state index contributed by atoms with van der Waals surface area (Å²) >= 11 is 0. The van der Waals surface area contributed by atoms with E-state index < -0.39 is 0 Å². The van der Waals surface area contributed by atoms with Gasteiger partial charge in [0.1, 0.15) is 5.69 Å². The third kappa shape index (κ3) is 3.46. The Hall–Kier alpha value is -2.05. The summed E-state index contributed by atoms with van der Waals surface area (Å²) in [4.78, 5) is 14.9. The van der Waals surface area contributed by atoms with Crippen LogP contribution in [0.2, 0.25) is 0 Å². The minimum absolute atomic E-state index is 0.0165. The van der Waals surface area contributed by atoms with Crippen molar-refractivity contribution in [1.29, 1.82) is 0 Å². The van der Waals surface area contributed by atoms with Crippen LogP contribution < -0.4 is 11.1 Å². The lowest BCUT2D eigenvalue weighted by Gasteiger charge is -2.03. The first-order valence-electron chi connectivity index (χ1n) is 6.06. The molecule has 0 aliphatic rings. The molecule has 2 rings (SSSR count). The molecule has 0 aliphatic heterocycles. The monoisotopic (exact) mass is 263 g/mol. The summed E-state index contributed by atoms with van der Waals surface area (Å²) in [6.45, 7) is 1.04. The molecule has 2 aromatic rings. The van der Waals surface area contributed by atoms with E-state index in [2.05, 4.69) is 10.3 Å². The molecule has 0 saturated carbocycles. The van der Waals surface area contributed by atoms with Gasteiger partial charge < -0.3 is 25.9 Å². The van der Waals surface area contributed by atoms with Gasteiger partial charge in [-0.3, -0.25) is 4.79 Å². The summed E-state index contributed by atoms with van der Waals surface area (Å²) in [7, 11) is 0. The van der Waals surface area contributed by atoms with Crippen LogP contribution in [0.5, 0.6) is 0 Å². The number of hydrogen-bond donors (Lipinski definition) is 4. The zero-order chi connectivity index (χ0) is 13.7. The Labute approximate surface area is 110 Å². The third-order valence-electron chi connectivity index (χ3n) is 2.66. The summed E-state index contributed by atoms with van der Waals surface area (Å²) in [6.07, 6.45) is 0. The number of carbonyl (C=O) groups excluding carboxylic acids is 1. The molecule has 19 heavy (non-hydrogen) atoms. The van der Waals surface area contributed by atoms with Crippen LogP contribution in [0, 0.1) is 0 Å². The van der Waals surface area contributed by atoms with E-state index in [1.165, 1.54) is 0 Å². The van der Waals surface area contributed by atoms with Gasteiger partial charge in [0, 0.05) is 23.1 Å². The maximum Gasteiger partial charge on any atom is 0.267 e. The van der Waals surface area contributed by atoms with Gasteiger partial charge in [-0.25, -0.2) is 0 Å². The smallest absolute Gasteiger partial charge is 0.267 e. The molecule has 1 aromatic carbocycles. The van der Waals surface area contributed by atoms with Crippen LogP contribution in [0.3, 0.4) is 0 Å². The standard InChI is InChI=1S/C13H17N3O3/c14-10-1-2-11-9(7-10)8-12(16-11)13(18)15-3-5-19-6-4-17/h1-2,7-8,16-17H,3-6,14H2,(H,15,18). The summed E-state index contributed by atoms with van der Waals surface area (Å²) in [6, 6.07) is 7.19. The number of benzene rings is 1. The quantitative estimate of drug-likeness (QED) is 0.450. The fraction of sp³-hybridized carbons (Fsp3) is 0.308. The Morgan fingerprint density at radius 3 is 3.00 bits per heavy atom. The number of nitrogens with two attached hydrogens (primary N) is 1. The first-order valence-corrected chi connectivity index (χ1v) is 6.06. The number of aromatic amines is 1. The Kier molecular flexibility index (Phi) is 4.38. The van der Waals surface area contributed by atoms with Crippen molar-refractivity contribution in [2.45, 2.75) is 0 Å². The van der Waals surface area contributed by atoms with Gasteiger partial charge in [-0.15, -0.1) is 0 Å². The Morgan fingerprint density at radius 2 is 2.21 bits per heavy atom. The van der Waals surface area contributed by atoms with Crippen molar-refractivity contribution in [1.82, 2.24) is 10.3 Å². The third-order valence-corrected chi connectivity index (χ3v) is 2.66. The number of fused-ring (bicyclic) bond motifs is 1. The SMILES string of the molecule is Nc1ccc2[nH]c(C(=O)NCCOCCO)cc2c1. The fourth-order valence-electron chi connectivity index (χ4n) is 1.77. The van der Waals surface area contributed by atoms with Crippen LogP contribution in [0.4, 0.5) is 5.69 Å². The van der Waals surface area contributed by atoms with Gasteiger partial charge in [-0.1, -0.05) is 0 Å². The molecule has 1 heterocycles. The average Bonchev–Trinajstić information content (AvgIpc) is 2.81. The van der Waals surface area contributed by atoms with Crippen molar-refractivity contribution in [3.05, 3.63) is 30.0 Å². The predicted molar refractivity (Wildman–Crippen MR) is 72.9 cm³/mol. The van der Waals surface area contributed by atoms with Crippen LogP contribution in [0.15, 0.2) is 24.3 Å². The second-order valence-corrected chi connectivity index (χ2v) is 4.12. The number of carbonyl (C=O) groups is 1. The molecule has 0 saturated heterocycles. The van der Waals surface area contributed by atoms with E-state index in [1.54, 1.807) is 12.1 Å². The summed E-state index contributed by atoms with van der Waals surface area (Å²) < 4.78 is 5.05. The van der Waals surface area contributed by atoms with Crippen LogP contribution in [0.1, 0.15) is 10.5 Å². The van der Waals surface area contributed by atoms with Gasteiger partial charge in [0.15, 0.2) is 0 Å². The van der Waals surface area contributed by atoms with E-state index in [4.69, 9.17) is 15.6 Å². The number of aromatic nitrogens is 1. The van der Waals surface area contributed by atoms with Crippen LogP contribution in [0.25, 0.3) is 10.9 Å². The molecule has 0 radical (unpaired) electrons. The molecule has 1 aromatic heterocycles. The van der Waals surface area contributed by atoms with E-state index in [9.17, 15) is 4.79 Å². The number of nitrogen functional groups attached to an aromatic ring is 1. The number of hydrogen-bond acceptors (Lipinski definition) is 4. The number of anilines is 1. The Bertz CT molecular complexity index is 565. The summed E-state index contributed by atoms with van der Waals surface area (Å²) in [5, 5.41) is 12.2. The molecule has 1 amide bonds. The minimum atomic E-state index is -0.192. The van der Waals surface area contributed by atoms with Crippen molar-refractivity contribution < 1.29 is 14.6 Å². The number of amides is 1. The molecule has 0 spiro atoms. The molecular weight excluding hydrogens is 246 g/mol. The van der Waals surface area contributed by atoms with Gasteiger partial charge in [-0.2, -0.15) is 0 Å². The fourth-order valence-corrected chi connectivity index (χ4v) is 1.77. The molecule has 0 unspecified atom stereocenters. The second kappa shape index (κ2) is 6.21. The van der Waals surface area contributed by atoms with Crippen molar-refractivity contribution in [3.63, 3.8) is 0 Å². The first kappa shape index (κ1) is 13.4. The zero-order valence-electron chi connectivity index (χ0n) is 10.5. The second-order valence-electron chi connectivity index (χ2n) is 4.12.